The van der Waals surface area contributed by atoms with Crippen molar-refractivity contribution in [2.45, 2.75) is 50.7 Å². The monoisotopic (exact) mass is 330 g/mol. The number of benzene rings is 1. The second kappa shape index (κ2) is 6.81. The number of para-hydroxylation sites is 2. The lowest BCUT2D eigenvalue weighted by molar-refractivity contribution is 0.0330. The average molecular weight is 330 g/mol. The molecule has 6 heteroatoms. The van der Waals surface area contributed by atoms with Gasteiger partial charge in [-0.2, -0.15) is 0 Å². The van der Waals surface area contributed by atoms with Crippen molar-refractivity contribution in [3.63, 3.8) is 0 Å². The molecule has 1 heterocycles. The van der Waals surface area contributed by atoms with Crippen molar-refractivity contribution in [3.05, 3.63) is 30.1 Å². The number of nitrogens with zero attached hydrogens (tertiary/aromatic N) is 2. The molecule has 2 amide bonds. The molecule has 1 aromatic heterocycles. The molecule has 24 heavy (non-hydrogen) atoms. The van der Waals surface area contributed by atoms with Gasteiger partial charge in [-0.1, -0.05) is 25.0 Å². The van der Waals surface area contributed by atoms with Crippen LogP contribution in [0.5, 0.6) is 0 Å². The zero-order valence-electron chi connectivity index (χ0n) is 14.4. The maximum Gasteiger partial charge on any atom is 0.317 e. The van der Waals surface area contributed by atoms with Gasteiger partial charge in [-0.3, -0.25) is 0 Å². The first-order valence-corrected chi connectivity index (χ1v) is 8.65. The summed E-state index contributed by atoms with van der Waals surface area (Å²) in [7, 11) is 1.76. The van der Waals surface area contributed by atoms with E-state index < -0.39 is 5.60 Å². The Labute approximate surface area is 142 Å². The van der Waals surface area contributed by atoms with Gasteiger partial charge >= 0.3 is 6.03 Å². The number of rotatable bonds is 5. The van der Waals surface area contributed by atoms with Crippen molar-refractivity contribution < 1.29 is 9.90 Å². The van der Waals surface area contributed by atoms with Gasteiger partial charge in [0.15, 0.2) is 0 Å². The van der Waals surface area contributed by atoms with E-state index in [-0.39, 0.29) is 12.1 Å². The number of aliphatic hydroxyl groups is 1. The fraction of sp³-hybridized carbons (Fsp3) is 0.556. The molecule has 1 atom stereocenters. The Balaban J connectivity index is 1.55. The number of carbonyl (C=O) groups excluding carboxylic acids is 1. The van der Waals surface area contributed by atoms with E-state index in [0.29, 0.717) is 13.0 Å². The first-order valence-electron chi connectivity index (χ1n) is 8.65. The van der Waals surface area contributed by atoms with Gasteiger partial charge in [0.05, 0.1) is 22.7 Å². The van der Waals surface area contributed by atoms with Crippen LogP contribution in [0.1, 0.15) is 50.9 Å². The number of aromatic amines is 1. The highest BCUT2D eigenvalue weighted by molar-refractivity contribution is 5.76. The van der Waals surface area contributed by atoms with E-state index in [0.717, 1.165) is 42.5 Å². The molecule has 0 saturated heterocycles. The smallest absolute Gasteiger partial charge is 0.317 e. The van der Waals surface area contributed by atoms with E-state index in [1.54, 1.807) is 11.9 Å². The van der Waals surface area contributed by atoms with Crippen molar-refractivity contribution in [2.75, 3.05) is 13.6 Å². The van der Waals surface area contributed by atoms with Gasteiger partial charge in [-0.25, -0.2) is 9.78 Å². The van der Waals surface area contributed by atoms with Crippen molar-refractivity contribution in [1.82, 2.24) is 20.2 Å². The van der Waals surface area contributed by atoms with E-state index >= 15 is 0 Å². The van der Waals surface area contributed by atoms with Crippen molar-refractivity contribution in [1.29, 1.82) is 0 Å². The van der Waals surface area contributed by atoms with E-state index in [2.05, 4.69) is 15.3 Å². The topological polar surface area (TPSA) is 81.2 Å². The molecule has 2 aromatic rings. The number of fused-ring (bicyclic) bond motifs is 1. The second-order valence-electron chi connectivity index (χ2n) is 6.91. The highest BCUT2D eigenvalue weighted by Crippen LogP contribution is 2.32. The molecule has 1 aromatic carbocycles. The Morgan fingerprint density at radius 2 is 2.12 bits per heavy atom. The van der Waals surface area contributed by atoms with Gasteiger partial charge in [0, 0.05) is 13.6 Å². The van der Waals surface area contributed by atoms with Gasteiger partial charge in [-0.15, -0.1) is 0 Å². The average Bonchev–Trinajstić information content (AvgIpc) is 3.19. The maximum atomic E-state index is 12.3. The Kier molecular flexibility index (Phi) is 4.76. The zero-order valence-corrected chi connectivity index (χ0v) is 14.4. The van der Waals surface area contributed by atoms with Crippen molar-refractivity contribution in [3.8, 4) is 0 Å². The third kappa shape index (κ3) is 3.70. The number of aromatic nitrogens is 2. The molecular formula is C18H26N4O2. The predicted molar refractivity (Wildman–Crippen MR) is 93.7 cm³/mol. The van der Waals surface area contributed by atoms with Crippen LogP contribution >= 0.6 is 0 Å². The largest absolute Gasteiger partial charge is 0.390 e. The van der Waals surface area contributed by atoms with Crippen LogP contribution < -0.4 is 5.32 Å². The summed E-state index contributed by atoms with van der Waals surface area (Å²) in [6.07, 6.45) is 4.48. The summed E-state index contributed by atoms with van der Waals surface area (Å²) >= 11 is 0. The number of urea groups is 1. The van der Waals surface area contributed by atoms with Crippen LogP contribution in [0.3, 0.4) is 0 Å². The minimum absolute atomic E-state index is 0.149. The molecule has 3 rings (SSSR count). The van der Waals surface area contributed by atoms with Crippen LogP contribution in [0.15, 0.2) is 24.3 Å². The van der Waals surface area contributed by atoms with Crippen LogP contribution in [0, 0.1) is 0 Å². The van der Waals surface area contributed by atoms with Gasteiger partial charge < -0.3 is 20.3 Å². The van der Waals surface area contributed by atoms with Crippen molar-refractivity contribution >= 4 is 17.1 Å². The summed E-state index contributed by atoms with van der Waals surface area (Å²) in [6, 6.07) is 7.45. The number of hydrogen-bond acceptors (Lipinski definition) is 3. The number of nitrogens with one attached hydrogen (secondary N) is 2. The standard InChI is InChI=1S/C18H26N4O2/c1-13(16-20-14-7-3-4-8-15(14)21-16)19-17(23)22(2)12-11-18(24)9-5-6-10-18/h3-4,7-8,13,24H,5-6,9-12H2,1-2H3,(H,19,23)(H,20,21)/t13-/m0/s1. The third-order valence-electron chi connectivity index (χ3n) is 4.95. The van der Waals surface area contributed by atoms with Gasteiger partial charge in [0.25, 0.3) is 0 Å². The molecule has 0 spiro atoms. The summed E-state index contributed by atoms with van der Waals surface area (Å²) in [6.45, 7) is 2.46. The molecular weight excluding hydrogens is 304 g/mol. The fourth-order valence-corrected chi connectivity index (χ4v) is 3.30. The number of carbonyl (C=O) groups is 1. The molecule has 6 nitrogen and oxygen atoms in total. The van der Waals surface area contributed by atoms with Crippen LogP contribution in [-0.4, -0.2) is 45.2 Å². The number of hydrogen-bond donors (Lipinski definition) is 3. The molecule has 0 aliphatic heterocycles. The van der Waals surface area contributed by atoms with Crippen LogP contribution in [-0.2, 0) is 0 Å². The fourth-order valence-electron chi connectivity index (χ4n) is 3.30. The first-order chi connectivity index (χ1) is 11.5. The summed E-state index contributed by atoms with van der Waals surface area (Å²) in [5.74, 6) is 0.743. The van der Waals surface area contributed by atoms with Crippen molar-refractivity contribution in [2.24, 2.45) is 0 Å². The summed E-state index contributed by atoms with van der Waals surface area (Å²) in [5.41, 5.74) is 1.27. The van der Waals surface area contributed by atoms with E-state index in [1.807, 2.05) is 31.2 Å². The van der Waals surface area contributed by atoms with Crippen LogP contribution in [0.25, 0.3) is 11.0 Å². The number of H-pyrrole nitrogens is 1. The quantitative estimate of drug-likeness (QED) is 0.788. The van der Waals surface area contributed by atoms with Crippen LogP contribution in [0.2, 0.25) is 0 Å². The minimum atomic E-state index is -0.584. The molecule has 1 aliphatic carbocycles. The SMILES string of the molecule is C[C@H](NC(=O)N(C)CCC1(O)CCCC1)c1nc2ccccc2[nH]1. The molecule has 0 unspecified atom stereocenters. The lowest BCUT2D eigenvalue weighted by atomic mass is 9.98. The maximum absolute atomic E-state index is 12.3. The summed E-state index contributed by atoms with van der Waals surface area (Å²) in [4.78, 5) is 21.7. The van der Waals surface area contributed by atoms with Gasteiger partial charge in [0.1, 0.15) is 5.82 Å². The second-order valence-corrected chi connectivity index (χ2v) is 6.91. The van der Waals surface area contributed by atoms with Crippen LogP contribution in [0.4, 0.5) is 4.79 Å². The molecule has 1 saturated carbocycles. The van der Waals surface area contributed by atoms with Gasteiger partial charge in [-0.05, 0) is 38.3 Å². The molecule has 0 radical (unpaired) electrons. The van der Waals surface area contributed by atoms with E-state index in [1.165, 1.54) is 0 Å². The third-order valence-corrected chi connectivity index (χ3v) is 4.95. The Bertz CT molecular complexity index is 673. The van der Waals surface area contributed by atoms with Gasteiger partial charge in [0.2, 0.25) is 0 Å². The lowest BCUT2D eigenvalue weighted by Gasteiger charge is -2.26. The first kappa shape index (κ1) is 16.8. The number of imidazole rings is 1. The molecule has 3 N–H and O–H groups in total. The highest BCUT2D eigenvalue weighted by Gasteiger charge is 2.31. The molecule has 1 aliphatic rings. The Morgan fingerprint density at radius 1 is 1.42 bits per heavy atom. The summed E-state index contributed by atoms with van der Waals surface area (Å²) in [5, 5.41) is 13.3. The lowest BCUT2D eigenvalue weighted by Crippen LogP contribution is -2.41. The minimum Gasteiger partial charge on any atom is -0.390 e. The Morgan fingerprint density at radius 3 is 2.83 bits per heavy atom. The molecule has 0 bridgehead atoms. The summed E-state index contributed by atoms with van der Waals surface area (Å²) < 4.78 is 0. The van der Waals surface area contributed by atoms with E-state index in [4.69, 9.17) is 0 Å². The van der Waals surface area contributed by atoms with E-state index in [9.17, 15) is 9.90 Å². The predicted octanol–water partition coefficient (Wildman–Crippen LogP) is 2.96. The number of amides is 2. The highest BCUT2D eigenvalue weighted by atomic mass is 16.3. The Hall–Kier alpha value is -2.08. The molecule has 130 valence electrons. The normalized spacial score (nSPS) is 17.8. The molecule has 1 fully saturated rings. The zero-order chi connectivity index (χ0) is 17.2.